The van der Waals surface area contributed by atoms with Crippen molar-refractivity contribution in [1.29, 1.82) is 0 Å². The number of imidazole rings is 1. The second-order valence-electron chi connectivity index (χ2n) is 3.86. The Kier molecular flexibility index (Phi) is 2.11. The molecule has 0 saturated carbocycles. The first-order valence-electron chi connectivity index (χ1n) is 4.76. The van der Waals surface area contributed by atoms with E-state index in [-0.39, 0.29) is 0 Å². The van der Waals surface area contributed by atoms with Gasteiger partial charge in [-0.25, -0.2) is 4.79 Å². The topological polar surface area (TPSA) is 75.9 Å². The molecule has 0 spiro atoms. The van der Waals surface area contributed by atoms with E-state index in [2.05, 4.69) is 9.97 Å². The van der Waals surface area contributed by atoms with Crippen LogP contribution in [0.15, 0.2) is 9.59 Å². The van der Waals surface area contributed by atoms with E-state index in [9.17, 15) is 9.59 Å². The van der Waals surface area contributed by atoms with E-state index in [1.54, 1.807) is 23.6 Å². The van der Waals surface area contributed by atoms with E-state index in [1.165, 1.54) is 4.57 Å². The van der Waals surface area contributed by atoms with Crippen LogP contribution in [0.2, 0.25) is 0 Å². The molecule has 0 saturated heterocycles. The summed E-state index contributed by atoms with van der Waals surface area (Å²) in [5.41, 5.74) is -0.0899. The maximum absolute atomic E-state index is 11.7. The van der Waals surface area contributed by atoms with E-state index in [4.69, 9.17) is 0 Å². The molecule has 16 heavy (non-hydrogen) atoms. The minimum absolute atomic E-state index is 0.389. The van der Waals surface area contributed by atoms with Gasteiger partial charge in [-0.3, -0.25) is 14.3 Å². The monoisotopic (exact) mass is 223 g/mol. The third-order valence-electron chi connectivity index (χ3n) is 2.51. The normalized spacial score (nSPS) is 11.0. The number of aryl methyl sites for hydroxylation is 2. The highest BCUT2D eigenvalue weighted by atomic mass is 16.2. The van der Waals surface area contributed by atoms with Crippen LogP contribution in [0.5, 0.6) is 0 Å². The number of H-pyrrole nitrogens is 1. The van der Waals surface area contributed by atoms with Crippen LogP contribution in [0.4, 0.5) is 5.95 Å². The van der Waals surface area contributed by atoms with Gasteiger partial charge in [0.2, 0.25) is 5.95 Å². The lowest BCUT2D eigenvalue weighted by molar-refractivity contribution is 0.829. The van der Waals surface area contributed by atoms with Crippen molar-refractivity contribution in [2.24, 2.45) is 14.1 Å². The highest BCUT2D eigenvalue weighted by Crippen LogP contribution is 2.14. The number of rotatable bonds is 1. The van der Waals surface area contributed by atoms with Crippen LogP contribution in [0, 0.1) is 0 Å². The number of nitrogens with zero attached hydrogens (tertiary/aromatic N) is 4. The molecule has 0 fully saturated rings. The molecular weight excluding hydrogens is 210 g/mol. The third-order valence-corrected chi connectivity index (χ3v) is 2.51. The number of hydrogen-bond donors (Lipinski definition) is 1. The highest BCUT2D eigenvalue weighted by molar-refractivity contribution is 5.74. The Bertz CT molecular complexity index is 661. The molecule has 86 valence electrons. The average molecular weight is 223 g/mol. The Morgan fingerprint density at radius 2 is 1.81 bits per heavy atom. The number of hydrogen-bond acceptors (Lipinski definition) is 4. The summed E-state index contributed by atoms with van der Waals surface area (Å²) in [5.74, 6) is 0.627. The smallest absolute Gasteiger partial charge is 0.329 e. The summed E-state index contributed by atoms with van der Waals surface area (Å²) in [5, 5.41) is 0. The number of nitrogens with one attached hydrogen (secondary N) is 1. The zero-order valence-electron chi connectivity index (χ0n) is 9.61. The van der Waals surface area contributed by atoms with Gasteiger partial charge in [-0.1, -0.05) is 0 Å². The first-order valence-corrected chi connectivity index (χ1v) is 4.76. The minimum Gasteiger partial charge on any atom is -0.348 e. The first-order chi connectivity index (χ1) is 7.43. The van der Waals surface area contributed by atoms with Crippen molar-refractivity contribution >= 4 is 17.1 Å². The fraction of sp³-hybridized carbons (Fsp3) is 0.444. The van der Waals surface area contributed by atoms with E-state index >= 15 is 0 Å². The second-order valence-corrected chi connectivity index (χ2v) is 3.86. The van der Waals surface area contributed by atoms with Crippen LogP contribution in [-0.2, 0) is 14.1 Å². The zero-order valence-corrected chi connectivity index (χ0v) is 9.61. The number of fused-ring (bicyclic) bond motifs is 1. The molecule has 2 aromatic rings. The summed E-state index contributed by atoms with van der Waals surface area (Å²) in [6, 6.07) is 0. The lowest BCUT2D eigenvalue weighted by Gasteiger charge is -2.10. The molecule has 0 aliphatic heterocycles. The molecule has 0 bridgehead atoms. The van der Waals surface area contributed by atoms with Crippen LogP contribution in [0.25, 0.3) is 11.2 Å². The fourth-order valence-electron chi connectivity index (χ4n) is 1.70. The van der Waals surface area contributed by atoms with Gasteiger partial charge in [-0.15, -0.1) is 0 Å². The van der Waals surface area contributed by atoms with Crippen LogP contribution in [-0.4, -0.2) is 33.2 Å². The Morgan fingerprint density at radius 3 is 2.38 bits per heavy atom. The van der Waals surface area contributed by atoms with Gasteiger partial charge in [-0.2, -0.15) is 4.98 Å². The Hall–Kier alpha value is -2.05. The molecule has 1 N–H and O–H groups in total. The summed E-state index contributed by atoms with van der Waals surface area (Å²) in [6.45, 7) is 0. The molecule has 0 radical (unpaired) electrons. The third kappa shape index (κ3) is 1.24. The molecule has 7 heteroatoms. The lowest BCUT2D eigenvalue weighted by Crippen LogP contribution is -2.29. The Labute approximate surface area is 90.9 Å². The zero-order chi connectivity index (χ0) is 12.0. The van der Waals surface area contributed by atoms with Gasteiger partial charge < -0.3 is 9.47 Å². The van der Waals surface area contributed by atoms with Crippen molar-refractivity contribution < 1.29 is 0 Å². The van der Waals surface area contributed by atoms with E-state index in [0.29, 0.717) is 17.1 Å². The molecular formula is C9H13N5O2. The van der Waals surface area contributed by atoms with Crippen molar-refractivity contribution in [3.05, 3.63) is 20.8 Å². The summed E-state index contributed by atoms with van der Waals surface area (Å²) in [4.78, 5) is 31.3. The lowest BCUT2D eigenvalue weighted by atomic mass is 10.5. The Balaban J connectivity index is 3.02. The summed E-state index contributed by atoms with van der Waals surface area (Å²) in [6.07, 6.45) is 0. The molecule has 7 nitrogen and oxygen atoms in total. The average Bonchev–Trinajstić information content (AvgIpc) is 2.53. The maximum Gasteiger partial charge on any atom is 0.329 e. The SMILES string of the molecule is CN(C)c1nc2c(c(=O)[nH]c(=O)n2C)n1C. The van der Waals surface area contributed by atoms with Crippen molar-refractivity contribution in [1.82, 2.24) is 19.1 Å². The first kappa shape index (κ1) is 10.5. The van der Waals surface area contributed by atoms with Gasteiger partial charge in [0, 0.05) is 28.2 Å². The van der Waals surface area contributed by atoms with Crippen LogP contribution >= 0.6 is 0 Å². The van der Waals surface area contributed by atoms with E-state index < -0.39 is 11.2 Å². The van der Waals surface area contributed by atoms with Gasteiger partial charge in [0.1, 0.15) is 0 Å². The van der Waals surface area contributed by atoms with Crippen molar-refractivity contribution in [3.63, 3.8) is 0 Å². The standard InChI is InChI=1S/C9H13N5O2/c1-12(2)8-10-6-5(13(8)3)7(15)11-9(16)14(6)4/h1-4H3,(H,11,15,16). The second kappa shape index (κ2) is 3.22. The predicted molar refractivity (Wildman–Crippen MR) is 60.9 cm³/mol. The predicted octanol–water partition coefficient (Wildman–Crippen LogP) is -0.974. The van der Waals surface area contributed by atoms with Crippen LogP contribution in [0.3, 0.4) is 0 Å². The molecule has 2 heterocycles. The van der Waals surface area contributed by atoms with Gasteiger partial charge in [-0.05, 0) is 0 Å². The fourth-order valence-corrected chi connectivity index (χ4v) is 1.70. The van der Waals surface area contributed by atoms with Gasteiger partial charge in [0.25, 0.3) is 5.56 Å². The van der Waals surface area contributed by atoms with E-state index in [1.807, 2.05) is 14.1 Å². The van der Waals surface area contributed by atoms with Gasteiger partial charge in [0.15, 0.2) is 11.2 Å². The molecule has 0 atom stereocenters. The van der Waals surface area contributed by atoms with Crippen molar-refractivity contribution in [2.75, 3.05) is 19.0 Å². The molecule has 0 aromatic carbocycles. The van der Waals surface area contributed by atoms with Crippen LogP contribution in [0.1, 0.15) is 0 Å². The molecule has 0 aliphatic rings. The quantitative estimate of drug-likeness (QED) is 0.674. The Morgan fingerprint density at radius 1 is 1.19 bits per heavy atom. The van der Waals surface area contributed by atoms with Crippen molar-refractivity contribution in [3.8, 4) is 0 Å². The molecule has 0 unspecified atom stereocenters. The van der Waals surface area contributed by atoms with Gasteiger partial charge >= 0.3 is 5.69 Å². The maximum atomic E-state index is 11.7. The minimum atomic E-state index is -0.457. The van der Waals surface area contributed by atoms with Gasteiger partial charge in [0.05, 0.1) is 0 Å². The van der Waals surface area contributed by atoms with Crippen molar-refractivity contribution in [2.45, 2.75) is 0 Å². The molecule has 2 aromatic heterocycles. The molecule has 0 amide bonds. The van der Waals surface area contributed by atoms with Crippen LogP contribution < -0.4 is 16.1 Å². The highest BCUT2D eigenvalue weighted by Gasteiger charge is 2.15. The summed E-state index contributed by atoms with van der Waals surface area (Å²) >= 11 is 0. The number of aromatic amines is 1. The molecule has 0 aliphatic carbocycles. The largest absolute Gasteiger partial charge is 0.348 e. The molecule has 2 rings (SSSR count). The van der Waals surface area contributed by atoms with E-state index in [0.717, 1.165) is 0 Å². The summed E-state index contributed by atoms with van der Waals surface area (Å²) in [7, 11) is 6.97. The number of anilines is 1. The number of aromatic nitrogens is 4. The summed E-state index contributed by atoms with van der Waals surface area (Å²) < 4.78 is 2.98.